The summed E-state index contributed by atoms with van der Waals surface area (Å²) in [5.41, 5.74) is 1.79. The van der Waals surface area contributed by atoms with Gasteiger partial charge in [0.15, 0.2) is 17.5 Å². The highest BCUT2D eigenvalue weighted by Crippen LogP contribution is 2.27. The van der Waals surface area contributed by atoms with Crippen LogP contribution in [0, 0.1) is 17.5 Å². The van der Waals surface area contributed by atoms with Crippen LogP contribution in [0.2, 0.25) is 5.02 Å². The molecule has 2 aromatic carbocycles. The number of anilines is 1. The number of nitrogens with one attached hydrogen (secondary N) is 3. The minimum absolute atomic E-state index is 0.0120. The zero-order valence-electron chi connectivity index (χ0n) is 18.0. The fraction of sp³-hybridized carbons (Fsp3) is 0.286. The predicted octanol–water partition coefficient (Wildman–Crippen LogP) is 2.88. The fourth-order valence-corrected chi connectivity index (χ4v) is 3.71. The van der Waals surface area contributed by atoms with Gasteiger partial charge in [0.1, 0.15) is 11.3 Å². The van der Waals surface area contributed by atoms with E-state index < -0.39 is 17.5 Å². The molecule has 0 saturated carbocycles. The molecule has 4 N–H and O–H groups in total. The summed E-state index contributed by atoms with van der Waals surface area (Å²) in [4.78, 5) is 26.5. The van der Waals surface area contributed by atoms with Crippen molar-refractivity contribution in [3.63, 3.8) is 0 Å². The molecule has 180 valence electrons. The molecule has 0 bridgehead atoms. The lowest BCUT2D eigenvalue weighted by Gasteiger charge is -2.31. The van der Waals surface area contributed by atoms with Crippen molar-refractivity contribution in [1.29, 1.82) is 0 Å². The van der Waals surface area contributed by atoms with Crippen molar-refractivity contribution in [2.24, 2.45) is 4.99 Å². The second-order valence-corrected chi connectivity index (χ2v) is 8.12. The summed E-state index contributed by atoms with van der Waals surface area (Å²) in [6.07, 6.45) is 0. The van der Waals surface area contributed by atoms with Gasteiger partial charge in [-0.3, -0.25) is 20.4 Å². The van der Waals surface area contributed by atoms with Crippen LogP contribution in [-0.2, 0) is 4.79 Å². The number of benzene rings is 2. The van der Waals surface area contributed by atoms with Gasteiger partial charge < -0.3 is 15.2 Å². The summed E-state index contributed by atoms with van der Waals surface area (Å²) in [7, 11) is 1.75. The molecule has 0 spiro atoms. The zero-order chi connectivity index (χ0) is 24.4. The maximum absolute atomic E-state index is 14.5. The van der Waals surface area contributed by atoms with E-state index in [1.165, 1.54) is 12.1 Å². The van der Waals surface area contributed by atoms with E-state index in [0.29, 0.717) is 26.2 Å². The molecule has 1 aliphatic heterocycles. The average Bonchev–Trinajstić information content (AvgIpc) is 3.24. The van der Waals surface area contributed by atoms with E-state index in [-0.39, 0.29) is 45.0 Å². The summed E-state index contributed by atoms with van der Waals surface area (Å²) < 4.78 is 42.2. The van der Waals surface area contributed by atoms with Gasteiger partial charge in [-0.05, 0) is 24.3 Å². The Labute approximate surface area is 197 Å². The Bertz CT molecular complexity index is 1270. The van der Waals surface area contributed by atoms with E-state index in [0.717, 1.165) is 18.7 Å². The highest BCUT2D eigenvalue weighted by molar-refractivity contribution is 6.31. The van der Waals surface area contributed by atoms with E-state index in [4.69, 9.17) is 11.6 Å². The Morgan fingerprint density at radius 3 is 2.76 bits per heavy atom. The molecule has 9 nitrogen and oxygen atoms in total. The van der Waals surface area contributed by atoms with Gasteiger partial charge in [0.05, 0.1) is 22.8 Å². The fourth-order valence-electron chi connectivity index (χ4n) is 3.53. The number of halogens is 4. The number of rotatable bonds is 6. The predicted molar refractivity (Wildman–Crippen MR) is 121 cm³/mol. The second kappa shape index (κ2) is 9.87. The minimum Gasteiger partial charge on any atom is -0.355 e. The first kappa shape index (κ1) is 23.8. The van der Waals surface area contributed by atoms with Crippen molar-refractivity contribution in [2.75, 3.05) is 45.1 Å². The van der Waals surface area contributed by atoms with Crippen molar-refractivity contribution in [3.05, 3.63) is 52.3 Å². The molecule has 2 heterocycles. The van der Waals surface area contributed by atoms with E-state index in [1.54, 1.807) is 11.9 Å². The Balaban J connectivity index is 1.59. The monoisotopic (exact) mass is 495 g/mol. The molecule has 0 atom stereocenters. The number of fused-ring (bicyclic) bond motifs is 1. The first-order valence-electron chi connectivity index (χ1n) is 10.3. The number of imidazole rings is 1. The lowest BCUT2D eigenvalue weighted by molar-refractivity contribution is -0.134. The van der Waals surface area contributed by atoms with E-state index >= 15 is 0 Å². The molecule has 4 rings (SSSR count). The van der Waals surface area contributed by atoms with Gasteiger partial charge >= 0.3 is 0 Å². The molecule has 1 fully saturated rings. The Morgan fingerprint density at radius 2 is 2.06 bits per heavy atom. The molecule has 0 radical (unpaired) electrons. The van der Waals surface area contributed by atoms with Gasteiger partial charge in [-0.2, -0.15) is 0 Å². The molecule has 1 aromatic heterocycles. The highest BCUT2D eigenvalue weighted by atomic mass is 35.5. The van der Waals surface area contributed by atoms with Crippen molar-refractivity contribution in [1.82, 2.24) is 25.2 Å². The molecule has 34 heavy (non-hydrogen) atoms. The Kier molecular flexibility index (Phi) is 6.91. The number of carbonyl (C=O) groups is 1. The molecule has 1 saturated heterocycles. The van der Waals surface area contributed by atoms with Gasteiger partial charge in [-0.15, -0.1) is 0 Å². The third-order valence-electron chi connectivity index (χ3n) is 5.42. The summed E-state index contributed by atoms with van der Waals surface area (Å²) in [5.74, 6) is -3.06. The molecular weight excluding hydrogens is 475 g/mol. The summed E-state index contributed by atoms with van der Waals surface area (Å²) in [6.45, 7) is 2.59. The number of likely N-dealkylation sites (N-methyl/N-ethyl adjacent to an activating group) is 1. The van der Waals surface area contributed by atoms with E-state index in [9.17, 15) is 23.2 Å². The van der Waals surface area contributed by atoms with Gasteiger partial charge in [-0.25, -0.2) is 23.1 Å². The van der Waals surface area contributed by atoms with Crippen LogP contribution < -0.4 is 10.8 Å². The number of amides is 1. The van der Waals surface area contributed by atoms with Crippen LogP contribution in [-0.4, -0.2) is 76.5 Å². The Hall–Kier alpha value is -3.35. The van der Waals surface area contributed by atoms with Gasteiger partial charge in [0.2, 0.25) is 11.9 Å². The standard InChI is InChI=1S/C21H21ClF3N7O2/c1-31-6-7-32(10-16(31)33)5-4-26-21-28-18-12(9-15(24)17(25)19(18)29-21)20(30-34)27-11-2-3-14(23)13(22)8-11/h2-3,8-9,34H,4-7,10H2,1H3,(H,27,30)(H2,26,28,29). The topological polar surface area (TPSA) is 109 Å². The van der Waals surface area contributed by atoms with Crippen LogP contribution in [0.4, 0.5) is 24.8 Å². The third-order valence-corrected chi connectivity index (χ3v) is 5.71. The maximum atomic E-state index is 14.5. The first-order valence-corrected chi connectivity index (χ1v) is 10.7. The van der Waals surface area contributed by atoms with Crippen LogP contribution in [0.25, 0.3) is 11.0 Å². The summed E-state index contributed by atoms with van der Waals surface area (Å²) in [5, 5.41) is 12.4. The lowest BCUT2D eigenvalue weighted by Crippen LogP contribution is -2.49. The molecular formula is C21H21ClF3N7O2. The van der Waals surface area contributed by atoms with E-state index in [2.05, 4.69) is 20.3 Å². The van der Waals surface area contributed by atoms with Crippen molar-refractivity contribution in [3.8, 4) is 0 Å². The normalized spacial score (nSPS) is 15.3. The van der Waals surface area contributed by atoms with Crippen LogP contribution in [0.3, 0.4) is 0 Å². The number of amidine groups is 1. The first-order chi connectivity index (χ1) is 16.3. The van der Waals surface area contributed by atoms with Crippen LogP contribution >= 0.6 is 11.6 Å². The number of piperazine rings is 1. The van der Waals surface area contributed by atoms with Crippen molar-refractivity contribution >= 4 is 46.0 Å². The molecule has 13 heteroatoms. The molecule has 3 aromatic rings. The third kappa shape index (κ3) is 4.93. The number of aliphatic imine (C=N–C) groups is 1. The number of hydrogen-bond acceptors (Lipinski definition) is 6. The van der Waals surface area contributed by atoms with Crippen molar-refractivity contribution in [2.45, 2.75) is 0 Å². The minimum atomic E-state index is -1.20. The van der Waals surface area contributed by atoms with Crippen LogP contribution in [0.15, 0.2) is 29.3 Å². The molecule has 0 unspecified atom stereocenters. The number of nitrogens with zero attached hydrogens (tertiary/aromatic N) is 4. The van der Waals surface area contributed by atoms with Crippen LogP contribution in [0.5, 0.6) is 0 Å². The largest absolute Gasteiger partial charge is 0.355 e. The lowest BCUT2D eigenvalue weighted by atomic mass is 10.1. The number of aromatic nitrogens is 2. The summed E-state index contributed by atoms with van der Waals surface area (Å²) in [6, 6.07) is 4.46. The number of carbonyl (C=O) groups excluding carboxylic acids is 1. The smallest absolute Gasteiger partial charge is 0.236 e. The number of aromatic amines is 1. The van der Waals surface area contributed by atoms with Crippen molar-refractivity contribution < 1.29 is 23.2 Å². The zero-order valence-corrected chi connectivity index (χ0v) is 18.8. The SMILES string of the molecule is CN1CCN(CCNc2nc3c(F)c(F)cc(C(=Nc4ccc(F)c(Cl)c4)NO)c3[nH]2)CC1=O. The van der Waals surface area contributed by atoms with Gasteiger partial charge in [0.25, 0.3) is 0 Å². The number of hydrogen-bond donors (Lipinski definition) is 4. The van der Waals surface area contributed by atoms with Gasteiger partial charge in [0, 0.05) is 38.8 Å². The van der Waals surface area contributed by atoms with E-state index in [1.807, 2.05) is 10.4 Å². The maximum Gasteiger partial charge on any atom is 0.236 e. The molecule has 1 amide bonds. The number of hydroxylamine groups is 1. The summed E-state index contributed by atoms with van der Waals surface area (Å²) >= 11 is 5.76. The van der Waals surface area contributed by atoms with Crippen LogP contribution in [0.1, 0.15) is 5.56 Å². The second-order valence-electron chi connectivity index (χ2n) is 7.72. The Morgan fingerprint density at radius 1 is 1.26 bits per heavy atom. The molecule has 1 aliphatic rings. The number of H-pyrrole nitrogens is 1. The quantitative estimate of drug-likeness (QED) is 0.238. The van der Waals surface area contributed by atoms with Gasteiger partial charge in [-0.1, -0.05) is 11.6 Å². The highest BCUT2D eigenvalue weighted by Gasteiger charge is 2.22. The molecule has 0 aliphatic carbocycles. The average molecular weight is 496 g/mol.